The quantitative estimate of drug-likeness (QED) is 0.251. The second kappa shape index (κ2) is 13.5. The highest BCUT2D eigenvalue weighted by Crippen LogP contribution is 2.33. The van der Waals surface area contributed by atoms with Crippen molar-refractivity contribution in [1.82, 2.24) is 19.7 Å². The van der Waals surface area contributed by atoms with E-state index in [1.165, 1.54) is 32.4 Å². The van der Waals surface area contributed by atoms with Crippen LogP contribution in [0.3, 0.4) is 0 Å². The molecule has 0 unspecified atom stereocenters. The number of nitrogens with zero attached hydrogens (tertiary/aromatic N) is 3. The number of nitrogens with one attached hydrogen (secondary N) is 1. The summed E-state index contributed by atoms with van der Waals surface area (Å²) in [5.74, 6) is -1.31. The molecule has 1 aliphatic rings. The lowest BCUT2D eigenvalue weighted by atomic mass is 9.95. The summed E-state index contributed by atoms with van der Waals surface area (Å²) in [5.41, 5.74) is 0.943. The molecule has 0 saturated carbocycles. The molecule has 1 amide bonds. The topological polar surface area (TPSA) is 149 Å². The minimum Gasteiger partial charge on any atom is -0.485 e. The van der Waals surface area contributed by atoms with Gasteiger partial charge in [0.25, 0.3) is 0 Å². The molecule has 13 nitrogen and oxygen atoms in total. The number of carbonyl (C=O) groups excluding carboxylic acids is 4. The highest BCUT2D eigenvalue weighted by molar-refractivity contribution is 7.71. The maximum atomic E-state index is 12.3. The van der Waals surface area contributed by atoms with Crippen LogP contribution in [-0.2, 0) is 51.3 Å². The summed E-state index contributed by atoms with van der Waals surface area (Å²) in [6, 6.07) is 6.44. The number of amides is 1. The molecule has 1 aliphatic heterocycles. The van der Waals surface area contributed by atoms with Crippen LogP contribution in [0.25, 0.3) is 0 Å². The number of esters is 3. The fourth-order valence-electron chi connectivity index (χ4n) is 4.42. The van der Waals surface area contributed by atoms with Crippen LogP contribution in [0.4, 0.5) is 0 Å². The van der Waals surface area contributed by atoms with Crippen molar-refractivity contribution in [2.75, 3.05) is 6.61 Å². The molecule has 2 aromatic rings. The monoisotopic (exact) mass is 578 g/mol. The van der Waals surface area contributed by atoms with Crippen molar-refractivity contribution in [2.45, 2.75) is 85.3 Å². The normalized spacial score (nSPS) is 22.2. The molecule has 0 radical (unpaired) electrons. The van der Waals surface area contributed by atoms with E-state index in [0.29, 0.717) is 18.1 Å². The first-order valence-electron chi connectivity index (χ1n) is 12.7. The Kier molecular flexibility index (Phi) is 10.4. The fourth-order valence-corrected chi connectivity index (χ4v) is 4.80. The van der Waals surface area contributed by atoms with Gasteiger partial charge in [0.15, 0.2) is 29.0 Å². The SMILES string of the molecule is CCn1c(COc2ccccc2C)nn([C@@H]2O[C@H](COC(C)=O)[C@@H](OC(C)=O)[C@H](OC(C)=O)[C@H]2NC(C)=O)c1=S. The average molecular weight is 579 g/mol. The Bertz CT molecular complexity index is 1310. The van der Waals surface area contributed by atoms with Crippen LogP contribution < -0.4 is 10.1 Å². The summed E-state index contributed by atoms with van der Waals surface area (Å²) >= 11 is 5.72. The van der Waals surface area contributed by atoms with Gasteiger partial charge in [0, 0.05) is 34.2 Å². The number of ether oxygens (including phenoxy) is 5. The Morgan fingerprint density at radius 2 is 1.68 bits per heavy atom. The predicted molar refractivity (Wildman–Crippen MR) is 141 cm³/mol. The lowest BCUT2D eigenvalue weighted by Gasteiger charge is -2.45. The minimum absolute atomic E-state index is 0.0766. The van der Waals surface area contributed by atoms with Gasteiger partial charge in [-0.2, -0.15) is 5.10 Å². The zero-order valence-corrected chi connectivity index (χ0v) is 24.1. The molecule has 218 valence electrons. The lowest BCUT2D eigenvalue weighted by molar-refractivity contribution is -0.239. The van der Waals surface area contributed by atoms with Gasteiger partial charge in [0.1, 0.15) is 31.1 Å². The zero-order chi connectivity index (χ0) is 29.6. The van der Waals surface area contributed by atoms with E-state index in [1.807, 2.05) is 38.1 Å². The predicted octanol–water partition coefficient (Wildman–Crippen LogP) is 2.15. The molecule has 1 saturated heterocycles. The van der Waals surface area contributed by atoms with Crippen LogP contribution in [-0.4, -0.2) is 69.1 Å². The lowest BCUT2D eigenvalue weighted by Crippen LogP contribution is -2.64. The van der Waals surface area contributed by atoms with Gasteiger partial charge in [-0.15, -0.1) is 0 Å². The van der Waals surface area contributed by atoms with E-state index in [4.69, 9.17) is 35.9 Å². The van der Waals surface area contributed by atoms with E-state index >= 15 is 0 Å². The minimum atomic E-state index is -1.23. The summed E-state index contributed by atoms with van der Waals surface area (Å²) in [7, 11) is 0. The summed E-state index contributed by atoms with van der Waals surface area (Å²) < 4.78 is 31.8. The highest BCUT2D eigenvalue weighted by atomic mass is 32.1. The van der Waals surface area contributed by atoms with Gasteiger partial charge in [0.05, 0.1) is 0 Å². The number of hydrogen-bond acceptors (Lipinski definition) is 11. The Labute approximate surface area is 236 Å². The molecule has 0 spiro atoms. The van der Waals surface area contributed by atoms with Crippen LogP contribution in [0.1, 0.15) is 52.2 Å². The third-order valence-corrected chi connectivity index (χ3v) is 6.47. The fraction of sp³-hybridized carbons (Fsp3) is 0.538. The first kappa shape index (κ1) is 30.8. The van der Waals surface area contributed by atoms with Gasteiger partial charge in [-0.1, -0.05) is 18.2 Å². The average Bonchev–Trinajstić information content (AvgIpc) is 3.18. The van der Waals surface area contributed by atoms with Gasteiger partial charge in [-0.05, 0) is 37.7 Å². The van der Waals surface area contributed by atoms with Crippen LogP contribution in [0.5, 0.6) is 5.75 Å². The van der Waals surface area contributed by atoms with Crippen molar-refractivity contribution in [2.24, 2.45) is 0 Å². The van der Waals surface area contributed by atoms with Crippen LogP contribution in [0.15, 0.2) is 24.3 Å². The molecule has 1 fully saturated rings. The maximum Gasteiger partial charge on any atom is 0.303 e. The van der Waals surface area contributed by atoms with Crippen molar-refractivity contribution in [1.29, 1.82) is 0 Å². The molecule has 0 aliphatic carbocycles. The third kappa shape index (κ3) is 7.45. The molecule has 3 rings (SSSR count). The molecular formula is C26H34N4O9S. The van der Waals surface area contributed by atoms with Crippen molar-refractivity contribution in [3.8, 4) is 5.75 Å². The number of benzene rings is 1. The molecule has 1 N–H and O–H groups in total. The molecule has 2 heterocycles. The summed E-state index contributed by atoms with van der Waals surface area (Å²) in [6.07, 6.45) is -4.68. The smallest absolute Gasteiger partial charge is 0.303 e. The first-order valence-corrected chi connectivity index (χ1v) is 13.1. The van der Waals surface area contributed by atoms with Gasteiger partial charge >= 0.3 is 17.9 Å². The molecule has 14 heteroatoms. The maximum absolute atomic E-state index is 12.3. The first-order chi connectivity index (χ1) is 18.9. The Balaban J connectivity index is 2.08. The van der Waals surface area contributed by atoms with E-state index in [0.717, 1.165) is 5.56 Å². The molecule has 1 aromatic heterocycles. The van der Waals surface area contributed by atoms with E-state index in [-0.39, 0.29) is 18.0 Å². The number of para-hydroxylation sites is 1. The molecule has 0 bridgehead atoms. The molecule has 5 atom stereocenters. The molecule has 1 aromatic carbocycles. The van der Waals surface area contributed by atoms with E-state index < -0.39 is 54.4 Å². The van der Waals surface area contributed by atoms with Gasteiger partial charge in [0.2, 0.25) is 5.91 Å². The van der Waals surface area contributed by atoms with Gasteiger partial charge < -0.3 is 33.6 Å². The Morgan fingerprint density at radius 3 is 2.25 bits per heavy atom. The van der Waals surface area contributed by atoms with Crippen LogP contribution >= 0.6 is 12.2 Å². The third-order valence-electron chi connectivity index (χ3n) is 6.06. The van der Waals surface area contributed by atoms with Crippen molar-refractivity contribution in [3.63, 3.8) is 0 Å². The zero-order valence-electron chi connectivity index (χ0n) is 23.2. The van der Waals surface area contributed by atoms with Gasteiger partial charge in [-0.3, -0.25) is 19.2 Å². The highest BCUT2D eigenvalue weighted by Gasteiger charge is 2.52. The van der Waals surface area contributed by atoms with E-state index in [2.05, 4.69) is 10.4 Å². The van der Waals surface area contributed by atoms with Crippen LogP contribution in [0.2, 0.25) is 0 Å². The van der Waals surface area contributed by atoms with E-state index in [1.54, 1.807) is 4.57 Å². The number of rotatable bonds is 10. The number of aryl methyl sites for hydroxylation is 1. The summed E-state index contributed by atoms with van der Waals surface area (Å²) in [5, 5.41) is 7.38. The summed E-state index contributed by atoms with van der Waals surface area (Å²) in [4.78, 5) is 48.0. The van der Waals surface area contributed by atoms with Crippen molar-refractivity contribution in [3.05, 3.63) is 40.4 Å². The van der Waals surface area contributed by atoms with E-state index in [9.17, 15) is 19.2 Å². The number of carbonyl (C=O) groups is 4. The largest absolute Gasteiger partial charge is 0.485 e. The molecular weight excluding hydrogens is 544 g/mol. The van der Waals surface area contributed by atoms with Crippen molar-refractivity contribution < 1.29 is 42.9 Å². The molecule has 40 heavy (non-hydrogen) atoms. The summed E-state index contributed by atoms with van der Waals surface area (Å²) in [6.45, 7) is 8.84. The van der Waals surface area contributed by atoms with Crippen molar-refractivity contribution >= 4 is 36.0 Å². The number of hydrogen-bond donors (Lipinski definition) is 1. The Morgan fingerprint density at radius 1 is 1.02 bits per heavy atom. The Hall–Kier alpha value is -3.78. The van der Waals surface area contributed by atoms with Gasteiger partial charge in [-0.25, -0.2) is 4.68 Å². The standard InChI is InChI=1S/C26H34N4O9S/c1-7-29-21(13-36-19-11-9-8-10-14(19)2)28-30(26(29)40)25-22(27-15(3)31)24(38-18(6)34)23(37-17(5)33)20(39-25)12-35-16(4)32/h8-11,20,22-25H,7,12-13H2,1-6H3,(H,27,31)/t20-,22-,23-,24-,25-/m1/s1. The number of aromatic nitrogens is 3. The van der Waals surface area contributed by atoms with Crippen LogP contribution in [0, 0.1) is 11.7 Å². The second-order valence-electron chi connectivity index (χ2n) is 9.18. The second-order valence-corrected chi connectivity index (χ2v) is 9.55.